The Bertz CT molecular complexity index is 1010. The van der Waals surface area contributed by atoms with Gasteiger partial charge < -0.3 is 15.0 Å². The first-order valence-corrected chi connectivity index (χ1v) is 9.22. The van der Waals surface area contributed by atoms with Crippen LogP contribution < -0.4 is 10.1 Å². The van der Waals surface area contributed by atoms with E-state index in [1.54, 1.807) is 19.5 Å². The second kappa shape index (κ2) is 7.96. The minimum atomic E-state index is 0.886. The largest absolute Gasteiger partial charge is 0.497 e. The molecule has 2 N–H and O–H groups in total. The number of methoxy groups -OCH3 is 1. The Kier molecular flexibility index (Phi) is 5.06. The fourth-order valence-corrected chi connectivity index (χ4v) is 3.34. The quantitative estimate of drug-likeness (QED) is 0.460. The molecule has 2 heterocycles. The number of rotatable bonds is 7. The number of pyridine rings is 1. The summed E-state index contributed by atoms with van der Waals surface area (Å²) in [5, 5.41) is 4.67. The van der Waals surface area contributed by atoms with Crippen molar-refractivity contribution in [2.45, 2.75) is 19.3 Å². The normalized spacial score (nSPS) is 10.9. The monoisotopic (exact) mass is 357 g/mol. The summed E-state index contributed by atoms with van der Waals surface area (Å²) >= 11 is 0. The molecule has 0 unspecified atom stereocenters. The molecule has 136 valence electrons. The van der Waals surface area contributed by atoms with Gasteiger partial charge in [-0.05, 0) is 66.8 Å². The Morgan fingerprint density at radius 3 is 2.48 bits per heavy atom. The fourth-order valence-electron chi connectivity index (χ4n) is 3.34. The van der Waals surface area contributed by atoms with Crippen LogP contribution in [0.2, 0.25) is 0 Å². The lowest BCUT2D eigenvalue weighted by Crippen LogP contribution is -1.92. The van der Waals surface area contributed by atoms with Gasteiger partial charge in [0.15, 0.2) is 0 Å². The third kappa shape index (κ3) is 4.11. The van der Waals surface area contributed by atoms with Crippen LogP contribution in [-0.4, -0.2) is 17.1 Å². The molecule has 4 nitrogen and oxygen atoms in total. The van der Waals surface area contributed by atoms with Crippen molar-refractivity contribution < 1.29 is 4.74 Å². The Labute approximate surface area is 159 Å². The first-order valence-electron chi connectivity index (χ1n) is 9.22. The molecule has 0 bridgehead atoms. The lowest BCUT2D eigenvalue weighted by Gasteiger charge is -2.07. The Morgan fingerprint density at radius 2 is 1.70 bits per heavy atom. The van der Waals surface area contributed by atoms with Gasteiger partial charge in [-0.2, -0.15) is 0 Å². The highest BCUT2D eigenvalue weighted by Gasteiger charge is 2.05. The Balaban J connectivity index is 1.34. The van der Waals surface area contributed by atoms with Crippen molar-refractivity contribution in [3.8, 4) is 5.75 Å². The van der Waals surface area contributed by atoms with Crippen molar-refractivity contribution in [1.29, 1.82) is 0 Å². The number of ether oxygens (including phenoxy) is 1. The minimum absolute atomic E-state index is 0.886. The van der Waals surface area contributed by atoms with Crippen molar-refractivity contribution in [2.24, 2.45) is 0 Å². The van der Waals surface area contributed by atoms with E-state index < -0.39 is 0 Å². The van der Waals surface area contributed by atoms with Crippen molar-refractivity contribution in [2.75, 3.05) is 12.4 Å². The maximum absolute atomic E-state index is 5.29. The summed E-state index contributed by atoms with van der Waals surface area (Å²) in [6.07, 6.45) is 8.94. The standard InChI is InChI=1S/C23H23N3O/c1-27-21-9-10-22-18(16-25-23(22)15-21)4-2-3-17-5-7-19(8-6-17)26-20-11-13-24-14-12-20/h5-16,25H,2-4H2,1H3,(H,24,26). The van der Waals surface area contributed by atoms with E-state index in [2.05, 4.69) is 51.8 Å². The van der Waals surface area contributed by atoms with E-state index in [1.807, 2.05) is 24.3 Å². The minimum Gasteiger partial charge on any atom is -0.497 e. The van der Waals surface area contributed by atoms with Crippen LogP contribution in [0.15, 0.2) is 73.2 Å². The molecule has 0 spiro atoms. The van der Waals surface area contributed by atoms with Gasteiger partial charge >= 0.3 is 0 Å². The van der Waals surface area contributed by atoms with Gasteiger partial charge in [-0.15, -0.1) is 0 Å². The van der Waals surface area contributed by atoms with E-state index in [4.69, 9.17) is 4.74 Å². The van der Waals surface area contributed by atoms with Crippen molar-refractivity contribution in [3.63, 3.8) is 0 Å². The number of aryl methyl sites for hydroxylation is 2. The van der Waals surface area contributed by atoms with Gasteiger partial charge in [0.25, 0.3) is 0 Å². The van der Waals surface area contributed by atoms with Crippen LogP contribution in [0, 0.1) is 0 Å². The number of nitrogens with zero attached hydrogens (tertiary/aromatic N) is 1. The molecule has 2 aromatic heterocycles. The SMILES string of the molecule is COc1ccc2c(CCCc3ccc(Nc4ccncc4)cc3)c[nH]c2c1. The van der Waals surface area contributed by atoms with E-state index in [9.17, 15) is 0 Å². The maximum Gasteiger partial charge on any atom is 0.120 e. The average Bonchev–Trinajstić information content (AvgIpc) is 3.12. The van der Waals surface area contributed by atoms with Gasteiger partial charge in [0.1, 0.15) is 5.75 Å². The third-order valence-electron chi connectivity index (χ3n) is 4.81. The number of H-pyrrole nitrogens is 1. The lowest BCUT2D eigenvalue weighted by molar-refractivity contribution is 0.415. The predicted molar refractivity (Wildman–Crippen MR) is 111 cm³/mol. The molecule has 4 aromatic rings. The van der Waals surface area contributed by atoms with E-state index in [1.165, 1.54) is 16.5 Å². The third-order valence-corrected chi connectivity index (χ3v) is 4.81. The number of aromatic nitrogens is 2. The number of hydrogen-bond acceptors (Lipinski definition) is 3. The maximum atomic E-state index is 5.29. The molecule has 0 aliphatic heterocycles. The van der Waals surface area contributed by atoms with Gasteiger partial charge in [0.05, 0.1) is 7.11 Å². The summed E-state index contributed by atoms with van der Waals surface area (Å²) in [6, 6.07) is 18.8. The van der Waals surface area contributed by atoms with Crippen LogP contribution in [0.25, 0.3) is 10.9 Å². The van der Waals surface area contributed by atoms with Gasteiger partial charge in [-0.1, -0.05) is 12.1 Å². The van der Waals surface area contributed by atoms with Crippen LogP contribution in [0.3, 0.4) is 0 Å². The lowest BCUT2D eigenvalue weighted by atomic mass is 10.0. The highest BCUT2D eigenvalue weighted by Crippen LogP contribution is 2.24. The van der Waals surface area contributed by atoms with Crippen molar-refractivity contribution in [1.82, 2.24) is 9.97 Å². The molecule has 4 heteroatoms. The predicted octanol–water partition coefficient (Wildman–Crippen LogP) is 5.49. The molecular formula is C23H23N3O. The highest BCUT2D eigenvalue weighted by atomic mass is 16.5. The molecule has 0 saturated carbocycles. The summed E-state index contributed by atoms with van der Waals surface area (Å²) in [5.41, 5.74) is 6.00. The van der Waals surface area contributed by atoms with E-state index in [0.717, 1.165) is 41.9 Å². The average molecular weight is 357 g/mol. The topological polar surface area (TPSA) is 49.9 Å². The van der Waals surface area contributed by atoms with Crippen LogP contribution >= 0.6 is 0 Å². The van der Waals surface area contributed by atoms with Crippen LogP contribution in [0.5, 0.6) is 5.75 Å². The summed E-state index contributed by atoms with van der Waals surface area (Å²) in [5.74, 6) is 0.886. The first kappa shape index (κ1) is 17.2. The molecule has 2 aromatic carbocycles. The molecule has 0 fully saturated rings. The number of fused-ring (bicyclic) bond motifs is 1. The molecular weight excluding hydrogens is 334 g/mol. The highest BCUT2D eigenvalue weighted by molar-refractivity contribution is 5.84. The summed E-state index contributed by atoms with van der Waals surface area (Å²) in [6.45, 7) is 0. The number of benzene rings is 2. The zero-order chi connectivity index (χ0) is 18.5. The summed E-state index contributed by atoms with van der Waals surface area (Å²) in [7, 11) is 1.70. The zero-order valence-corrected chi connectivity index (χ0v) is 15.4. The molecule has 0 aliphatic carbocycles. The molecule has 0 aliphatic rings. The second-order valence-electron chi connectivity index (χ2n) is 6.64. The Morgan fingerprint density at radius 1 is 0.926 bits per heavy atom. The van der Waals surface area contributed by atoms with Crippen LogP contribution in [0.1, 0.15) is 17.5 Å². The van der Waals surface area contributed by atoms with Gasteiger partial charge in [0.2, 0.25) is 0 Å². The summed E-state index contributed by atoms with van der Waals surface area (Å²) in [4.78, 5) is 7.38. The molecule has 4 rings (SSSR count). The van der Waals surface area contributed by atoms with Crippen LogP contribution in [0.4, 0.5) is 11.4 Å². The Hall–Kier alpha value is -3.27. The van der Waals surface area contributed by atoms with Gasteiger partial charge in [-0.3, -0.25) is 4.98 Å². The van der Waals surface area contributed by atoms with Crippen LogP contribution in [-0.2, 0) is 12.8 Å². The first-order chi connectivity index (χ1) is 13.3. The summed E-state index contributed by atoms with van der Waals surface area (Å²) < 4.78 is 5.29. The smallest absolute Gasteiger partial charge is 0.120 e. The van der Waals surface area contributed by atoms with Gasteiger partial charge in [-0.25, -0.2) is 0 Å². The fraction of sp³-hybridized carbons (Fsp3) is 0.174. The number of anilines is 2. The molecule has 0 atom stereocenters. The molecule has 0 amide bonds. The van der Waals surface area contributed by atoms with Crippen molar-refractivity contribution >= 4 is 22.3 Å². The number of nitrogens with one attached hydrogen (secondary N) is 2. The van der Waals surface area contributed by atoms with Gasteiger partial charge in [0, 0.05) is 46.9 Å². The number of aromatic amines is 1. The zero-order valence-electron chi connectivity index (χ0n) is 15.4. The molecule has 27 heavy (non-hydrogen) atoms. The van der Waals surface area contributed by atoms with Crippen molar-refractivity contribution in [3.05, 3.63) is 84.3 Å². The molecule has 0 radical (unpaired) electrons. The second-order valence-corrected chi connectivity index (χ2v) is 6.64. The van der Waals surface area contributed by atoms with E-state index in [0.29, 0.717) is 0 Å². The van der Waals surface area contributed by atoms with E-state index in [-0.39, 0.29) is 0 Å². The van der Waals surface area contributed by atoms with E-state index >= 15 is 0 Å². The molecule has 0 saturated heterocycles. The number of hydrogen-bond donors (Lipinski definition) is 2.